The second kappa shape index (κ2) is 16.5. The topological polar surface area (TPSA) is 243 Å². The van der Waals surface area contributed by atoms with Crippen LogP contribution < -0.4 is 32.7 Å². The van der Waals surface area contributed by atoms with Crippen molar-refractivity contribution in [1.82, 2.24) is 26.2 Å². The van der Waals surface area contributed by atoms with E-state index in [4.69, 9.17) is 11.5 Å². The zero-order chi connectivity index (χ0) is 31.4. The van der Waals surface area contributed by atoms with Gasteiger partial charge in [-0.25, -0.2) is 4.79 Å². The summed E-state index contributed by atoms with van der Waals surface area (Å²) in [7, 11) is 0. The van der Waals surface area contributed by atoms with Gasteiger partial charge in [-0.2, -0.15) is 0 Å². The van der Waals surface area contributed by atoms with Crippen LogP contribution in [0.2, 0.25) is 0 Å². The van der Waals surface area contributed by atoms with E-state index >= 15 is 0 Å². The number of carbonyl (C=O) groups is 7. The number of nitrogens with two attached hydrogens (primary N) is 2. The van der Waals surface area contributed by atoms with Crippen LogP contribution in [0.15, 0.2) is 0 Å². The number of nitrogens with one attached hydrogen (secondary N) is 4. The monoisotopic (exact) mass is 583 g/mol. The minimum absolute atomic E-state index is 0.0737. The van der Waals surface area contributed by atoms with Crippen molar-refractivity contribution in [2.24, 2.45) is 23.3 Å². The molecule has 232 valence electrons. The summed E-state index contributed by atoms with van der Waals surface area (Å²) in [6, 6.07) is -5.57. The normalized spacial score (nSPS) is 18.4. The number of rotatable bonds is 16. The van der Waals surface area contributed by atoms with Crippen molar-refractivity contribution < 1.29 is 38.7 Å². The Morgan fingerprint density at radius 2 is 1.51 bits per heavy atom. The number of hydrogen-bond donors (Lipinski definition) is 7. The molecule has 0 aliphatic carbocycles. The van der Waals surface area contributed by atoms with Crippen molar-refractivity contribution in [3.63, 3.8) is 0 Å². The SMILES string of the molecule is CC[C@H](C)[C@H](NC(=O)[C@H](CC(C)C)NC(=O)[C@H](CC(N)=O)NC(=O)CN)C(=O)N[C@@H](C)C(=O)N1CCC[C@H]1C(=O)O. The molecular formula is C26H45N7O8. The molecule has 15 heteroatoms. The Hall–Kier alpha value is -3.75. The van der Waals surface area contributed by atoms with Crippen molar-refractivity contribution in [2.75, 3.05) is 13.1 Å². The van der Waals surface area contributed by atoms with Gasteiger partial charge in [0.05, 0.1) is 13.0 Å². The molecule has 1 saturated heterocycles. The van der Waals surface area contributed by atoms with Crippen molar-refractivity contribution >= 4 is 41.4 Å². The lowest BCUT2D eigenvalue weighted by atomic mass is 9.96. The van der Waals surface area contributed by atoms with E-state index in [9.17, 15) is 38.7 Å². The number of carboxylic acid groups (broad SMARTS) is 1. The molecule has 0 unspecified atom stereocenters. The Morgan fingerprint density at radius 1 is 0.902 bits per heavy atom. The third-order valence-electron chi connectivity index (χ3n) is 6.93. The van der Waals surface area contributed by atoms with Crippen LogP contribution in [0, 0.1) is 11.8 Å². The van der Waals surface area contributed by atoms with Crippen LogP contribution in [0.4, 0.5) is 0 Å². The lowest BCUT2D eigenvalue weighted by Crippen LogP contribution is -2.60. The molecule has 6 atom stereocenters. The Kier molecular flexibility index (Phi) is 14.2. The summed E-state index contributed by atoms with van der Waals surface area (Å²) < 4.78 is 0. The molecule has 0 radical (unpaired) electrons. The number of primary amides is 1. The molecule has 0 saturated carbocycles. The van der Waals surface area contributed by atoms with Gasteiger partial charge in [-0.05, 0) is 38.0 Å². The minimum atomic E-state index is -1.35. The molecule has 1 aliphatic heterocycles. The van der Waals surface area contributed by atoms with Crippen molar-refractivity contribution in [2.45, 2.75) is 96.9 Å². The maximum Gasteiger partial charge on any atom is 0.326 e. The van der Waals surface area contributed by atoms with Crippen LogP contribution in [0.1, 0.15) is 66.7 Å². The Labute approximate surface area is 239 Å². The molecule has 15 nitrogen and oxygen atoms in total. The van der Waals surface area contributed by atoms with E-state index in [1.54, 1.807) is 6.92 Å². The number of carboxylic acids is 1. The van der Waals surface area contributed by atoms with Gasteiger partial charge < -0.3 is 42.7 Å². The van der Waals surface area contributed by atoms with Crippen molar-refractivity contribution in [3.8, 4) is 0 Å². The van der Waals surface area contributed by atoms with E-state index in [1.807, 2.05) is 20.8 Å². The fraction of sp³-hybridized carbons (Fsp3) is 0.731. The van der Waals surface area contributed by atoms with Gasteiger partial charge in [0.25, 0.3) is 0 Å². The molecule has 0 bridgehead atoms. The first-order valence-corrected chi connectivity index (χ1v) is 13.8. The molecule has 0 spiro atoms. The summed E-state index contributed by atoms with van der Waals surface area (Å²) in [5.74, 6) is -5.80. The van der Waals surface area contributed by atoms with E-state index < -0.39 is 84.6 Å². The summed E-state index contributed by atoms with van der Waals surface area (Å²) in [6.45, 7) is 8.47. The van der Waals surface area contributed by atoms with Crippen LogP contribution in [-0.2, 0) is 33.6 Å². The highest BCUT2D eigenvalue weighted by Gasteiger charge is 2.38. The number of amides is 6. The number of aliphatic carboxylic acids is 1. The molecule has 0 aromatic carbocycles. The highest BCUT2D eigenvalue weighted by atomic mass is 16.4. The Morgan fingerprint density at radius 3 is 2.02 bits per heavy atom. The molecule has 1 rings (SSSR count). The number of likely N-dealkylation sites (tertiary alicyclic amines) is 1. The molecule has 1 heterocycles. The standard InChI is InChI=1S/C26H45N7O8/c1-6-14(4)21(24(38)29-15(5)25(39)33-9-7-8-18(33)26(40)41)32-23(37)16(10-13(2)3)31-22(36)17(11-19(28)34)30-20(35)12-27/h13-18,21H,6-12,27H2,1-5H3,(H2,28,34)(H,29,38)(H,30,35)(H,31,36)(H,32,37)(H,40,41)/t14-,15-,16-,17-,18-,21-/m0/s1. The smallest absolute Gasteiger partial charge is 0.326 e. The quantitative estimate of drug-likeness (QED) is 0.106. The first-order valence-electron chi connectivity index (χ1n) is 13.8. The van der Waals surface area contributed by atoms with Crippen LogP contribution >= 0.6 is 0 Å². The zero-order valence-corrected chi connectivity index (χ0v) is 24.4. The predicted octanol–water partition coefficient (Wildman–Crippen LogP) is -2.05. The Bertz CT molecular complexity index is 989. The first kappa shape index (κ1) is 35.3. The molecule has 9 N–H and O–H groups in total. The van der Waals surface area contributed by atoms with Crippen LogP contribution in [-0.4, -0.2) is 94.7 Å². The minimum Gasteiger partial charge on any atom is -0.480 e. The summed E-state index contributed by atoms with van der Waals surface area (Å²) in [5, 5.41) is 19.5. The number of carbonyl (C=O) groups excluding carboxylic acids is 6. The van der Waals surface area contributed by atoms with Gasteiger partial charge in [0.15, 0.2) is 0 Å². The highest BCUT2D eigenvalue weighted by Crippen LogP contribution is 2.19. The first-order chi connectivity index (χ1) is 19.1. The highest BCUT2D eigenvalue weighted by molar-refractivity contribution is 5.97. The van der Waals surface area contributed by atoms with E-state index in [2.05, 4.69) is 21.3 Å². The van der Waals surface area contributed by atoms with Crippen LogP contribution in [0.25, 0.3) is 0 Å². The van der Waals surface area contributed by atoms with E-state index in [1.165, 1.54) is 11.8 Å². The third-order valence-corrected chi connectivity index (χ3v) is 6.93. The molecule has 0 aromatic rings. The van der Waals surface area contributed by atoms with Crippen molar-refractivity contribution in [1.29, 1.82) is 0 Å². The van der Waals surface area contributed by atoms with E-state index in [0.29, 0.717) is 19.3 Å². The van der Waals surface area contributed by atoms with Gasteiger partial charge in [0.1, 0.15) is 30.2 Å². The largest absolute Gasteiger partial charge is 0.480 e. The number of hydrogen-bond acceptors (Lipinski definition) is 8. The second-order valence-electron chi connectivity index (χ2n) is 10.8. The molecule has 41 heavy (non-hydrogen) atoms. The van der Waals surface area contributed by atoms with Crippen molar-refractivity contribution in [3.05, 3.63) is 0 Å². The Balaban J connectivity index is 3.07. The van der Waals surface area contributed by atoms with Crippen LogP contribution in [0.5, 0.6) is 0 Å². The summed E-state index contributed by atoms with van der Waals surface area (Å²) in [4.78, 5) is 88.4. The lowest BCUT2D eigenvalue weighted by Gasteiger charge is -2.30. The van der Waals surface area contributed by atoms with Gasteiger partial charge in [0.2, 0.25) is 35.4 Å². The third kappa shape index (κ3) is 11.0. The van der Waals surface area contributed by atoms with Gasteiger partial charge in [0, 0.05) is 6.54 Å². The molecule has 6 amide bonds. The molecule has 1 fully saturated rings. The summed E-state index contributed by atoms with van der Waals surface area (Å²) in [6.07, 6.45) is 1.000. The lowest BCUT2D eigenvalue weighted by molar-refractivity contribution is -0.149. The fourth-order valence-corrected chi connectivity index (χ4v) is 4.50. The number of nitrogens with zero attached hydrogens (tertiary/aromatic N) is 1. The summed E-state index contributed by atoms with van der Waals surface area (Å²) >= 11 is 0. The predicted molar refractivity (Wildman–Crippen MR) is 148 cm³/mol. The van der Waals surface area contributed by atoms with E-state index in [-0.39, 0.29) is 24.8 Å². The average Bonchev–Trinajstić information content (AvgIpc) is 3.39. The maximum atomic E-state index is 13.4. The van der Waals surface area contributed by atoms with Gasteiger partial charge >= 0.3 is 5.97 Å². The summed E-state index contributed by atoms with van der Waals surface area (Å²) in [5.41, 5.74) is 10.5. The maximum absolute atomic E-state index is 13.4. The van der Waals surface area contributed by atoms with Gasteiger partial charge in [-0.3, -0.25) is 28.8 Å². The van der Waals surface area contributed by atoms with E-state index in [0.717, 1.165) is 0 Å². The zero-order valence-electron chi connectivity index (χ0n) is 24.4. The second-order valence-corrected chi connectivity index (χ2v) is 10.8. The molecule has 0 aromatic heterocycles. The fourth-order valence-electron chi connectivity index (χ4n) is 4.50. The molecular weight excluding hydrogens is 538 g/mol. The van der Waals surface area contributed by atoms with Crippen LogP contribution in [0.3, 0.4) is 0 Å². The van der Waals surface area contributed by atoms with Gasteiger partial charge in [-0.15, -0.1) is 0 Å². The van der Waals surface area contributed by atoms with Gasteiger partial charge in [-0.1, -0.05) is 34.1 Å². The molecule has 1 aliphatic rings. The average molecular weight is 584 g/mol.